The summed E-state index contributed by atoms with van der Waals surface area (Å²) >= 11 is 0. The maximum atomic E-state index is 11.5. The van der Waals surface area contributed by atoms with Crippen LogP contribution in [0.3, 0.4) is 0 Å². The minimum absolute atomic E-state index is 0.162. The molecule has 15 heavy (non-hydrogen) atoms. The Morgan fingerprint density at radius 1 is 1.53 bits per heavy atom. The number of hydrogen-bond donors (Lipinski definition) is 2. The molecule has 0 saturated carbocycles. The molecule has 0 radical (unpaired) electrons. The highest BCUT2D eigenvalue weighted by Gasteiger charge is 2.34. The summed E-state index contributed by atoms with van der Waals surface area (Å²) in [6.07, 6.45) is 1.30. The van der Waals surface area contributed by atoms with E-state index in [-0.39, 0.29) is 12.5 Å². The lowest BCUT2D eigenvalue weighted by atomic mass is 10.2. The fraction of sp³-hybridized carbons (Fsp3) is 0.714. The Bertz CT molecular complexity index is 280. The molecule has 1 aliphatic heterocycles. The minimum atomic E-state index is -0.606. The summed E-state index contributed by atoms with van der Waals surface area (Å²) in [7, 11) is 0. The van der Waals surface area contributed by atoms with Crippen LogP contribution in [-0.4, -0.2) is 35.9 Å². The number of rotatable bonds is 3. The van der Waals surface area contributed by atoms with Gasteiger partial charge in [-0.15, -0.1) is 0 Å². The summed E-state index contributed by atoms with van der Waals surface area (Å²) in [6, 6.07) is -0.601. The van der Waals surface area contributed by atoms with Crippen LogP contribution in [0.4, 0.5) is 0 Å². The third kappa shape index (κ3) is 2.62. The molecular formula is C7H13N5O3. The summed E-state index contributed by atoms with van der Waals surface area (Å²) in [5.41, 5.74) is 0. The molecule has 0 aromatic heterocycles. The van der Waals surface area contributed by atoms with Crippen molar-refractivity contribution < 1.29 is 14.4 Å². The SMILES string of the molecule is NN=NCC(=O)N1CCC[C@H]1C(=O)ON. The number of nitrogens with zero attached hydrogens (tertiary/aromatic N) is 3. The minimum Gasteiger partial charge on any atom is -0.372 e. The zero-order valence-corrected chi connectivity index (χ0v) is 8.13. The van der Waals surface area contributed by atoms with Gasteiger partial charge < -0.3 is 15.6 Å². The maximum Gasteiger partial charge on any atom is 0.347 e. The Morgan fingerprint density at radius 3 is 2.87 bits per heavy atom. The van der Waals surface area contributed by atoms with Gasteiger partial charge in [0, 0.05) is 6.54 Å². The Hall–Kier alpha value is -1.70. The van der Waals surface area contributed by atoms with Crippen LogP contribution in [0, 0.1) is 0 Å². The van der Waals surface area contributed by atoms with Crippen LogP contribution in [0.2, 0.25) is 0 Å². The second-order valence-electron chi connectivity index (χ2n) is 3.10. The van der Waals surface area contributed by atoms with E-state index in [1.54, 1.807) is 0 Å². The first-order valence-corrected chi connectivity index (χ1v) is 4.47. The van der Waals surface area contributed by atoms with Crippen LogP contribution in [0.15, 0.2) is 10.3 Å². The van der Waals surface area contributed by atoms with E-state index < -0.39 is 12.0 Å². The molecule has 0 aromatic rings. The van der Waals surface area contributed by atoms with Crippen molar-refractivity contribution in [3.05, 3.63) is 0 Å². The van der Waals surface area contributed by atoms with Gasteiger partial charge in [0.2, 0.25) is 5.91 Å². The molecular weight excluding hydrogens is 202 g/mol. The highest BCUT2D eigenvalue weighted by molar-refractivity contribution is 5.86. The topological polar surface area (TPSA) is 123 Å². The zero-order chi connectivity index (χ0) is 11.3. The lowest BCUT2D eigenvalue weighted by Crippen LogP contribution is -2.43. The number of amides is 1. The number of carbonyl (C=O) groups is 2. The number of likely N-dealkylation sites (tertiary alicyclic amines) is 1. The monoisotopic (exact) mass is 215 g/mol. The third-order valence-corrected chi connectivity index (χ3v) is 2.25. The molecule has 4 N–H and O–H groups in total. The van der Waals surface area contributed by atoms with Crippen molar-refractivity contribution in [2.24, 2.45) is 22.1 Å². The van der Waals surface area contributed by atoms with Crippen molar-refractivity contribution in [3.63, 3.8) is 0 Å². The largest absolute Gasteiger partial charge is 0.372 e. The first-order valence-electron chi connectivity index (χ1n) is 4.47. The van der Waals surface area contributed by atoms with Gasteiger partial charge in [-0.2, -0.15) is 11.0 Å². The zero-order valence-electron chi connectivity index (χ0n) is 8.13. The highest BCUT2D eigenvalue weighted by Crippen LogP contribution is 2.18. The first kappa shape index (κ1) is 11.4. The van der Waals surface area contributed by atoms with Crippen LogP contribution < -0.4 is 11.7 Å². The predicted octanol–water partition coefficient (Wildman–Crippen LogP) is -1.28. The van der Waals surface area contributed by atoms with E-state index in [0.717, 1.165) is 6.42 Å². The van der Waals surface area contributed by atoms with E-state index in [2.05, 4.69) is 15.2 Å². The van der Waals surface area contributed by atoms with Gasteiger partial charge >= 0.3 is 5.97 Å². The normalized spacial score (nSPS) is 20.9. The van der Waals surface area contributed by atoms with Gasteiger partial charge in [-0.3, -0.25) is 4.79 Å². The van der Waals surface area contributed by atoms with Crippen LogP contribution in [0.1, 0.15) is 12.8 Å². The maximum absolute atomic E-state index is 11.5. The molecule has 1 rings (SSSR count). The molecule has 0 aliphatic carbocycles. The summed E-state index contributed by atoms with van der Waals surface area (Å²) in [4.78, 5) is 28.2. The quantitative estimate of drug-likeness (QED) is 0.345. The van der Waals surface area contributed by atoms with Crippen molar-refractivity contribution in [1.82, 2.24) is 4.90 Å². The van der Waals surface area contributed by atoms with Crippen LogP contribution in [0.25, 0.3) is 0 Å². The molecule has 8 heteroatoms. The summed E-state index contributed by atoms with van der Waals surface area (Å²) < 4.78 is 0. The molecule has 1 heterocycles. The van der Waals surface area contributed by atoms with Crippen LogP contribution in [0.5, 0.6) is 0 Å². The molecule has 0 aromatic carbocycles. The number of hydrogen-bond acceptors (Lipinski definition) is 6. The average molecular weight is 215 g/mol. The Kier molecular flexibility index (Phi) is 3.98. The molecule has 8 nitrogen and oxygen atoms in total. The van der Waals surface area contributed by atoms with Crippen LogP contribution >= 0.6 is 0 Å². The van der Waals surface area contributed by atoms with E-state index in [9.17, 15) is 9.59 Å². The van der Waals surface area contributed by atoms with Crippen molar-refractivity contribution in [2.45, 2.75) is 18.9 Å². The second kappa shape index (κ2) is 5.25. The second-order valence-corrected chi connectivity index (χ2v) is 3.10. The van der Waals surface area contributed by atoms with Crippen molar-refractivity contribution in [1.29, 1.82) is 0 Å². The summed E-state index contributed by atoms with van der Waals surface area (Å²) in [5.74, 6) is 8.62. The van der Waals surface area contributed by atoms with Crippen molar-refractivity contribution >= 4 is 11.9 Å². The lowest BCUT2D eigenvalue weighted by molar-refractivity contribution is -0.153. The van der Waals surface area contributed by atoms with Gasteiger partial charge in [-0.05, 0) is 12.8 Å². The van der Waals surface area contributed by atoms with Crippen molar-refractivity contribution in [3.8, 4) is 0 Å². The Balaban J connectivity index is 2.59. The molecule has 84 valence electrons. The molecule has 1 saturated heterocycles. The standard InChI is InChI=1S/C7H13N5O3/c8-11-10-4-6(13)12-3-1-2-5(12)7(14)15-9/h5H,1-4,9H2,(H2,8,10)/t5-/m0/s1. The van der Waals surface area contributed by atoms with Gasteiger partial charge in [-0.25, -0.2) is 4.79 Å². The molecule has 0 bridgehead atoms. The molecule has 1 amide bonds. The fourth-order valence-electron chi connectivity index (χ4n) is 1.58. The average Bonchev–Trinajstić information content (AvgIpc) is 2.73. The highest BCUT2D eigenvalue weighted by atomic mass is 16.7. The molecule has 1 aliphatic rings. The number of carbonyl (C=O) groups excluding carboxylic acids is 2. The predicted molar refractivity (Wildman–Crippen MR) is 48.9 cm³/mol. The van der Waals surface area contributed by atoms with Gasteiger partial charge in [-0.1, -0.05) is 5.22 Å². The lowest BCUT2D eigenvalue weighted by Gasteiger charge is -2.20. The van der Waals surface area contributed by atoms with E-state index in [1.807, 2.05) is 0 Å². The van der Waals surface area contributed by atoms with Gasteiger partial charge in [0.15, 0.2) is 0 Å². The van der Waals surface area contributed by atoms with E-state index >= 15 is 0 Å². The van der Waals surface area contributed by atoms with E-state index in [1.165, 1.54) is 4.90 Å². The Morgan fingerprint density at radius 2 is 2.27 bits per heavy atom. The third-order valence-electron chi connectivity index (χ3n) is 2.25. The molecule has 1 fully saturated rings. The van der Waals surface area contributed by atoms with Gasteiger partial charge in [0.05, 0.1) is 0 Å². The Labute approximate surface area is 86.2 Å². The van der Waals surface area contributed by atoms with Gasteiger partial charge in [0.1, 0.15) is 12.6 Å². The summed E-state index contributed by atoms with van der Waals surface area (Å²) in [5, 5.41) is 6.34. The summed E-state index contributed by atoms with van der Waals surface area (Å²) in [6.45, 7) is 0.337. The van der Waals surface area contributed by atoms with Crippen molar-refractivity contribution in [2.75, 3.05) is 13.1 Å². The van der Waals surface area contributed by atoms with E-state index in [4.69, 9.17) is 11.7 Å². The molecule has 0 unspecified atom stereocenters. The van der Waals surface area contributed by atoms with E-state index in [0.29, 0.717) is 13.0 Å². The van der Waals surface area contributed by atoms with Gasteiger partial charge in [0.25, 0.3) is 0 Å². The van der Waals surface area contributed by atoms with Crippen LogP contribution in [-0.2, 0) is 14.4 Å². The smallest absolute Gasteiger partial charge is 0.347 e. The first-order chi connectivity index (χ1) is 7.20. The molecule has 0 spiro atoms. The molecule has 1 atom stereocenters. The fourth-order valence-corrected chi connectivity index (χ4v) is 1.58. The number of nitrogens with two attached hydrogens (primary N) is 2.